The van der Waals surface area contributed by atoms with Crippen molar-refractivity contribution < 1.29 is 4.79 Å². The number of nitrogens with one attached hydrogen (secondary N) is 2. The summed E-state index contributed by atoms with van der Waals surface area (Å²) >= 11 is 1.67. The van der Waals surface area contributed by atoms with Crippen molar-refractivity contribution in [1.29, 1.82) is 0 Å². The lowest BCUT2D eigenvalue weighted by Gasteiger charge is -2.14. The zero-order chi connectivity index (χ0) is 18.2. The molecule has 0 bridgehead atoms. The Morgan fingerprint density at radius 1 is 1.32 bits per heavy atom. The average Bonchev–Trinajstić information content (AvgIpc) is 3.13. The number of nitrogens with zero attached hydrogens (tertiary/aromatic N) is 3. The molecular weight excluding hydrogens is 334 g/mol. The fourth-order valence-corrected chi connectivity index (χ4v) is 3.64. The first-order valence-electron chi connectivity index (χ1n) is 8.15. The summed E-state index contributed by atoms with van der Waals surface area (Å²) in [6.07, 6.45) is 3.53. The minimum atomic E-state index is -0.448. The van der Waals surface area contributed by atoms with Crippen LogP contribution >= 0.6 is 11.3 Å². The molecule has 3 aromatic rings. The van der Waals surface area contributed by atoms with Crippen molar-refractivity contribution >= 4 is 33.1 Å². The maximum atomic E-state index is 12.6. The van der Waals surface area contributed by atoms with E-state index in [4.69, 9.17) is 0 Å². The van der Waals surface area contributed by atoms with Crippen LogP contribution in [0.1, 0.15) is 37.4 Å². The van der Waals surface area contributed by atoms with Crippen molar-refractivity contribution in [3.05, 3.63) is 41.2 Å². The second-order valence-corrected chi connectivity index (χ2v) is 8.14. The molecule has 1 atom stereocenters. The van der Waals surface area contributed by atoms with Crippen LogP contribution in [0.4, 0.5) is 5.69 Å². The first-order chi connectivity index (χ1) is 11.8. The van der Waals surface area contributed by atoms with Gasteiger partial charge in [0.2, 0.25) is 5.91 Å². The average molecular weight is 357 g/mol. The van der Waals surface area contributed by atoms with E-state index < -0.39 is 6.04 Å². The van der Waals surface area contributed by atoms with Gasteiger partial charge in [-0.05, 0) is 25.2 Å². The van der Waals surface area contributed by atoms with Gasteiger partial charge < -0.3 is 10.6 Å². The van der Waals surface area contributed by atoms with Crippen LogP contribution in [0.2, 0.25) is 0 Å². The standard InChI is InChI=1S/C18H23N5OS/c1-18(2,3)17-22-13-7-6-12(8-14(13)25-17)21-16(24)15(19-4)11-9-20-23(5)10-11/h6-10,15,19H,1-5H3,(H,21,24). The van der Waals surface area contributed by atoms with Crippen molar-refractivity contribution in [3.63, 3.8) is 0 Å². The number of likely N-dealkylation sites (N-methyl/N-ethyl adjacent to an activating group) is 1. The van der Waals surface area contributed by atoms with Gasteiger partial charge in [-0.3, -0.25) is 9.48 Å². The summed E-state index contributed by atoms with van der Waals surface area (Å²) in [7, 11) is 3.60. The van der Waals surface area contributed by atoms with Gasteiger partial charge in [0.25, 0.3) is 0 Å². The molecule has 132 valence electrons. The highest BCUT2D eigenvalue weighted by molar-refractivity contribution is 7.18. The van der Waals surface area contributed by atoms with E-state index in [1.807, 2.05) is 31.4 Å². The third-order valence-corrected chi connectivity index (χ3v) is 5.35. The Morgan fingerprint density at radius 3 is 2.68 bits per heavy atom. The number of thiazole rings is 1. The highest BCUT2D eigenvalue weighted by Gasteiger charge is 2.21. The maximum Gasteiger partial charge on any atom is 0.246 e. The normalized spacial score (nSPS) is 13.2. The summed E-state index contributed by atoms with van der Waals surface area (Å²) in [6.45, 7) is 6.45. The lowest BCUT2D eigenvalue weighted by molar-refractivity contribution is -0.118. The Bertz CT molecular complexity index is 906. The number of carbonyl (C=O) groups excluding carboxylic acids is 1. The van der Waals surface area contributed by atoms with Crippen LogP contribution in [0.25, 0.3) is 10.2 Å². The summed E-state index contributed by atoms with van der Waals surface area (Å²) < 4.78 is 2.76. The second-order valence-electron chi connectivity index (χ2n) is 7.11. The van der Waals surface area contributed by atoms with E-state index in [-0.39, 0.29) is 11.3 Å². The molecule has 7 heteroatoms. The third kappa shape index (κ3) is 3.72. The second kappa shape index (κ2) is 6.57. The largest absolute Gasteiger partial charge is 0.324 e. The fourth-order valence-electron chi connectivity index (χ4n) is 2.58. The summed E-state index contributed by atoms with van der Waals surface area (Å²) in [5, 5.41) is 11.2. The molecule has 25 heavy (non-hydrogen) atoms. The molecule has 0 saturated carbocycles. The summed E-state index contributed by atoms with van der Waals surface area (Å²) in [4.78, 5) is 17.3. The summed E-state index contributed by atoms with van der Waals surface area (Å²) in [5.74, 6) is -0.115. The molecular formula is C18H23N5OS. The van der Waals surface area contributed by atoms with Crippen LogP contribution in [0.15, 0.2) is 30.6 Å². The summed E-state index contributed by atoms with van der Waals surface area (Å²) in [6, 6.07) is 5.38. The van der Waals surface area contributed by atoms with E-state index in [9.17, 15) is 4.79 Å². The quantitative estimate of drug-likeness (QED) is 0.752. The van der Waals surface area contributed by atoms with Crippen LogP contribution < -0.4 is 10.6 Å². The number of benzene rings is 1. The fraction of sp³-hybridized carbons (Fsp3) is 0.389. The summed E-state index contributed by atoms with van der Waals surface area (Å²) in [5.41, 5.74) is 2.58. The van der Waals surface area contributed by atoms with E-state index in [1.165, 1.54) is 0 Å². The number of hydrogen-bond acceptors (Lipinski definition) is 5. The Hall–Kier alpha value is -2.25. The van der Waals surface area contributed by atoms with Gasteiger partial charge in [0.05, 0.1) is 21.4 Å². The van der Waals surface area contributed by atoms with Crippen molar-refractivity contribution in [1.82, 2.24) is 20.1 Å². The monoisotopic (exact) mass is 357 g/mol. The zero-order valence-electron chi connectivity index (χ0n) is 15.1. The van der Waals surface area contributed by atoms with E-state index in [0.29, 0.717) is 0 Å². The SMILES string of the molecule is CNC(C(=O)Nc1ccc2nc(C(C)(C)C)sc2c1)c1cnn(C)c1. The molecule has 0 aliphatic carbocycles. The third-order valence-electron chi connectivity index (χ3n) is 3.91. The number of anilines is 1. The molecule has 3 rings (SSSR count). The van der Waals surface area contributed by atoms with Crippen LogP contribution in [0.3, 0.4) is 0 Å². The van der Waals surface area contributed by atoms with Crippen molar-refractivity contribution in [3.8, 4) is 0 Å². The number of hydrogen-bond donors (Lipinski definition) is 2. The molecule has 0 aliphatic heterocycles. The molecule has 0 spiro atoms. The Kier molecular flexibility index (Phi) is 4.62. The highest BCUT2D eigenvalue weighted by atomic mass is 32.1. The number of rotatable bonds is 4. The van der Waals surface area contributed by atoms with Gasteiger partial charge >= 0.3 is 0 Å². The molecule has 1 aromatic carbocycles. The molecule has 2 N–H and O–H groups in total. The van der Waals surface area contributed by atoms with Gasteiger partial charge in [-0.15, -0.1) is 11.3 Å². The number of carbonyl (C=O) groups is 1. The van der Waals surface area contributed by atoms with Crippen LogP contribution in [-0.2, 0) is 17.3 Å². The first-order valence-corrected chi connectivity index (χ1v) is 8.97. The van der Waals surface area contributed by atoms with Gasteiger partial charge in [0, 0.05) is 29.9 Å². The van der Waals surface area contributed by atoms with Crippen LogP contribution in [-0.4, -0.2) is 27.7 Å². The minimum Gasteiger partial charge on any atom is -0.324 e. The number of aryl methyl sites for hydroxylation is 1. The predicted octanol–water partition coefficient (Wildman–Crippen LogP) is 3.23. The molecule has 6 nitrogen and oxygen atoms in total. The number of fused-ring (bicyclic) bond motifs is 1. The molecule has 1 unspecified atom stereocenters. The minimum absolute atomic E-state index is 0.0185. The van der Waals surface area contributed by atoms with Gasteiger partial charge in [-0.25, -0.2) is 4.98 Å². The topological polar surface area (TPSA) is 71.8 Å². The molecule has 0 saturated heterocycles. The highest BCUT2D eigenvalue weighted by Crippen LogP contribution is 2.32. The van der Waals surface area contributed by atoms with Gasteiger partial charge in [-0.2, -0.15) is 5.10 Å². The van der Waals surface area contributed by atoms with Crippen molar-refractivity contribution in [2.24, 2.45) is 7.05 Å². The molecule has 1 amide bonds. The molecule has 0 fully saturated rings. The van der Waals surface area contributed by atoms with E-state index in [1.54, 1.807) is 29.3 Å². The Labute approximate surface area is 151 Å². The Morgan fingerprint density at radius 2 is 2.08 bits per heavy atom. The predicted molar refractivity (Wildman–Crippen MR) is 102 cm³/mol. The zero-order valence-corrected chi connectivity index (χ0v) is 15.9. The first kappa shape index (κ1) is 17.6. The van der Waals surface area contributed by atoms with E-state index >= 15 is 0 Å². The van der Waals surface area contributed by atoms with Gasteiger partial charge in [0.15, 0.2) is 0 Å². The van der Waals surface area contributed by atoms with E-state index in [0.717, 1.165) is 26.5 Å². The maximum absolute atomic E-state index is 12.6. The van der Waals surface area contributed by atoms with Gasteiger partial charge in [0.1, 0.15) is 6.04 Å². The lowest BCUT2D eigenvalue weighted by atomic mass is 9.98. The number of amides is 1. The number of aromatic nitrogens is 3. The molecule has 2 heterocycles. The van der Waals surface area contributed by atoms with Crippen LogP contribution in [0.5, 0.6) is 0 Å². The van der Waals surface area contributed by atoms with Crippen LogP contribution in [0, 0.1) is 0 Å². The van der Waals surface area contributed by atoms with E-state index in [2.05, 4.69) is 41.5 Å². The van der Waals surface area contributed by atoms with Crippen molar-refractivity contribution in [2.45, 2.75) is 32.2 Å². The molecule has 2 aromatic heterocycles. The van der Waals surface area contributed by atoms with Gasteiger partial charge in [-0.1, -0.05) is 20.8 Å². The molecule has 0 radical (unpaired) electrons. The molecule has 0 aliphatic rings. The Balaban J connectivity index is 1.83. The smallest absolute Gasteiger partial charge is 0.246 e. The lowest BCUT2D eigenvalue weighted by Crippen LogP contribution is -2.30. The van der Waals surface area contributed by atoms with Crippen molar-refractivity contribution in [2.75, 3.05) is 12.4 Å².